The summed E-state index contributed by atoms with van der Waals surface area (Å²) in [6.07, 6.45) is 4.18. The lowest BCUT2D eigenvalue weighted by Crippen LogP contribution is -2.16. The van der Waals surface area contributed by atoms with E-state index in [1.54, 1.807) is 18.3 Å². The molecule has 0 saturated carbocycles. The molecule has 156 valence electrons. The van der Waals surface area contributed by atoms with Gasteiger partial charge in [-0.3, -0.25) is 9.78 Å². The van der Waals surface area contributed by atoms with Crippen molar-refractivity contribution in [2.24, 2.45) is 5.10 Å². The van der Waals surface area contributed by atoms with Crippen LogP contribution in [0.4, 0.5) is 5.95 Å². The first-order chi connectivity index (χ1) is 15.0. The van der Waals surface area contributed by atoms with Crippen LogP contribution in [0.1, 0.15) is 30.5 Å². The third-order valence-corrected chi connectivity index (χ3v) is 4.27. The fourth-order valence-electron chi connectivity index (χ4n) is 2.97. The molecule has 2 aromatic carbocycles. The quantitative estimate of drug-likeness (QED) is 0.326. The van der Waals surface area contributed by atoms with Gasteiger partial charge in [0.25, 0.3) is 5.56 Å². The van der Waals surface area contributed by atoms with Gasteiger partial charge >= 0.3 is 0 Å². The fourth-order valence-corrected chi connectivity index (χ4v) is 2.97. The highest BCUT2D eigenvalue weighted by molar-refractivity contribution is 5.81. The Labute approximate surface area is 180 Å². The lowest BCUT2D eigenvalue weighted by Gasteiger charge is -2.14. The van der Waals surface area contributed by atoms with Crippen LogP contribution >= 0.6 is 0 Å². The number of H-pyrrole nitrogens is 1. The molecule has 0 unspecified atom stereocenters. The van der Waals surface area contributed by atoms with Crippen molar-refractivity contribution in [2.45, 2.75) is 26.4 Å². The number of aromatic nitrogens is 2. The molecule has 0 aliphatic rings. The zero-order valence-electron chi connectivity index (χ0n) is 17.4. The van der Waals surface area contributed by atoms with E-state index in [4.69, 9.17) is 4.74 Å². The molecule has 0 aliphatic carbocycles. The predicted octanol–water partition coefficient (Wildman–Crippen LogP) is 4.27. The monoisotopic (exact) mass is 413 g/mol. The van der Waals surface area contributed by atoms with Gasteiger partial charge in [-0.1, -0.05) is 36.4 Å². The van der Waals surface area contributed by atoms with Crippen LogP contribution in [0.3, 0.4) is 0 Å². The van der Waals surface area contributed by atoms with Gasteiger partial charge in [-0.05, 0) is 49.6 Å². The third-order valence-electron chi connectivity index (χ3n) is 4.27. The summed E-state index contributed by atoms with van der Waals surface area (Å²) in [6.45, 7) is 7.75. The maximum absolute atomic E-state index is 12.3. The summed E-state index contributed by atoms with van der Waals surface area (Å²) < 4.78 is 5.83. The second-order valence-corrected chi connectivity index (χ2v) is 7.01. The SMILES string of the molecule is C=CCc1cc(C=NNc2nc(-c3ccccc3)c(C#N)c(=O)[nH]2)ccc1OC(C)C. The van der Waals surface area contributed by atoms with Gasteiger partial charge in [0.15, 0.2) is 0 Å². The number of ether oxygens (including phenoxy) is 1. The number of allylic oxidation sites excluding steroid dienone is 1. The van der Waals surface area contributed by atoms with E-state index in [-0.39, 0.29) is 17.6 Å². The Morgan fingerprint density at radius 3 is 2.74 bits per heavy atom. The molecule has 3 rings (SSSR count). The highest BCUT2D eigenvalue weighted by Gasteiger charge is 2.13. The van der Waals surface area contributed by atoms with Crippen LogP contribution in [-0.2, 0) is 6.42 Å². The van der Waals surface area contributed by atoms with Crippen LogP contribution in [-0.4, -0.2) is 22.3 Å². The van der Waals surface area contributed by atoms with Crippen molar-refractivity contribution in [3.8, 4) is 23.1 Å². The molecule has 0 spiro atoms. The number of benzene rings is 2. The van der Waals surface area contributed by atoms with Crippen molar-refractivity contribution < 1.29 is 4.74 Å². The van der Waals surface area contributed by atoms with E-state index < -0.39 is 5.56 Å². The summed E-state index contributed by atoms with van der Waals surface area (Å²) in [5.74, 6) is 0.954. The molecule has 0 bridgehead atoms. The number of hydrazone groups is 1. The van der Waals surface area contributed by atoms with Crippen molar-refractivity contribution in [3.63, 3.8) is 0 Å². The molecule has 0 fully saturated rings. The number of aromatic amines is 1. The van der Waals surface area contributed by atoms with Gasteiger partial charge in [0.05, 0.1) is 18.0 Å². The fraction of sp³-hybridized carbons (Fsp3) is 0.167. The summed E-state index contributed by atoms with van der Waals surface area (Å²) in [6, 6.07) is 16.7. The van der Waals surface area contributed by atoms with E-state index >= 15 is 0 Å². The molecule has 1 aromatic heterocycles. The summed E-state index contributed by atoms with van der Waals surface area (Å²) in [4.78, 5) is 19.2. The summed E-state index contributed by atoms with van der Waals surface area (Å²) >= 11 is 0. The Morgan fingerprint density at radius 2 is 2.06 bits per heavy atom. The molecule has 31 heavy (non-hydrogen) atoms. The largest absolute Gasteiger partial charge is 0.491 e. The van der Waals surface area contributed by atoms with Crippen LogP contribution in [0.15, 0.2) is 71.1 Å². The Kier molecular flexibility index (Phi) is 6.97. The topological polar surface area (TPSA) is 103 Å². The zero-order valence-corrected chi connectivity index (χ0v) is 17.4. The van der Waals surface area contributed by atoms with Crippen LogP contribution in [0.25, 0.3) is 11.3 Å². The van der Waals surface area contributed by atoms with E-state index in [0.29, 0.717) is 17.7 Å². The maximum Gasteiger partial charge on any atom is 0.270 e. The van der Waals surface area contributed by atoms with Gasteiger partial charge in [0.2, 0.25) is 5.95 Å². The van der Waals surface area contributed by atoms with Gasteiger partial charge in [0.1, 0.15) is 17.4 Å². The minimum atomic E-state index is -0.530. The maximum atomic E-state index is 12.3. The van der Waals surface area contributed by atoms with E-state index in [1.807, 2.05) is 62.4 Å². The molecule has 2 N–H and O–H groups in total. The minimum absolute atomic E-state index is 0.0458. The smallest absolute Gasteiger partial charge is 0.270 e. The summed E-state index contributed by atoms with van der Waals surface area (Å²) in [5.41, 5.74) is 4.98. The van der Waals surface area contributed by atoms with E-state index in [0.717, 1.165) is 16.9 Å². The predicted molar refractivity (Wildman–Crippen MR) is 122 cm³/mol. The lowest BCUT2D eigenvalue weighted by molar-refractivity contribution is 0.240. The second-order valence-electron chi connectivity index (χ2n) is 7.01. The third kappa shape index (κ3) is 5.46. The Balaban J connectivity index is 1.85. The average molecular weight is 413 g/mol. The van der Waals surface area contributed by atoms with Crippen molar-refractivity contribution in [2.75, 3.05) is 5.43 Å². The highest BCUT2D eigenvalue weighted by Crippen LogP contribution is 2.22. The first kappa shape index (κ1) is 21.5. The van der Waals surface area contributed by atoms with E-state index in [9.17, 15) is 10.1 Å². The van der Waals surface area contributed by atoms with E-state index in [1.165, 1.54) is 0 Å². The number of nitrogens with zero attached hydrogens (tertiary/aromatic N) is 3. The van der Waals surface area contributed by atoms with Gasteiger partial charge in [-0.15, -0.1) is 6.58 Å². The number of anilines is 1. The molecule has 0 atom stereocenters. The second kappa shape index (κ2) is 10.0. The average Bonchev–Trinajstić information content (AvgIpc) is 2.75. The molecular weight excluding hydrogens is 390 g/mol. The van der Waals surface area contributed by atoms with Crippen LogP contribution in [0.2, 0.25) is 0 Å². The Morgan fingerprint density at radius 1 is 1.29 bits per heavy atom. The molecule has 0 radical (unpaired) electrons. The van der Waals surface area contributed by atoms with Gasteiger partial charge in [-0.2, -0.15) is 10.4 Å². The number of nitrogens with one attached hydrogen (secondary N) is 2. The van der Waals surface area contributed by atoms with Crippen molar-refractivity contribution >= 4 is 12.2 Å². The van der Waals surface area contributed by atoms with Gasteiger partial charge < -0.3 is 4.74 Å². The molecule has 7 nitrogen and oxygen atoms in total. The molecule has 7 heteroatoms. The standard InChI is InChI=1S/C24H23N5O2/c1-4-8-19-13-17(11-12-21(19)31-16(2)3)15-26-29-24-27-22(18-9-6-5-7-10-18)20(14-25)23(30)28-24/h4-7,9-13,15-16H,1,8H2,2-3H3,(H2,27,28,29,30). The normalized spacial score (nSPS) is 10.8. The van der Waals surface area contributed by atoms with Crippen molar-refractivity contribution in [1.82, 2.24) is 9.97 Å². The number of rotatable bonds is 8. The van der Waals surface area contributed by atoms with Crippen molar-refractivity contribution in [3.05, 3.63) is 88.2 Å². The summed E-state index contributed by atoms with van der Waals surface area (Å²) in [7, 11) is 0. The Bertz CT molecular complexity index is 1190. The van der Waals surface area contributed by atoms with E-state index in [2.05, 4.69) is 27.1 Å². The first-order valence-corrected chi connectivity index (χ1v) is 9.81. The summed E-state index contributed by atoms with van der Waals surface area (Å²) in [5, 5.41) is 13.5. The van der Waals surface area contributed by atoms with Gasteiger partial charge in [0, 0.05) is 5.56 Å². The first-order valence-electron chi connectivity index (χ1n) is 9.81. The molecule has 0 saturated heterocycles. The lowest BCUT2D eigenvalue weighted by atomic mass is 10.1. The molecular formula is C24H23N5O2. The number of hydrogen-bond donors (Lipinski definition) is 2. The Hall–Kier alpha value is -4.18. The zero-order chi connectivity index (χ0) is 22.2. The van der Waals surface area contributed by atoms with Crippen LogP contribution < -0.4 is 15.7 Å². The number of hydrogen-bond acceptors (Lipinski definition) is 6. The molecule has 0 amide bonds. The van der Waals surface area contributed by atoms with Crippen LogP contribution in [0.5, 0.6) is 5.75 Å². The molecule has 3 aromatic rings. The van der Waals surface area contributed by atoms with Gasteiger partial charge in [-0.25, -0.2) is 10.4 Å². The molecule has 1 heterocycles. The highest BCUT2D eigenvalue weighted by atomic mass is 16.5. The van der Waals surface area contributed by atoms with Crippen LogP contribution in [0, 0.1) is 11.3 Å². The molecule has 0 aliphatic heterocycles. The minimum Gasteiger partial charge on any atom is -0.491 e. The van der Waals surface area contributed by atoms with Crippen molar-refractivity contribution in [1.29, 1.82) is 5.26 Å². The number of nitriles is 1.